The zero-order chi connectivity index (χ0) is 44.6. The molecule has 0 spiro atoms. The van der Waals surface area contributed by atoms with Crippen molar-refractivity contribution < 1.29 is 4.74 Å². The Morgan fingerprint density at radius 2 is 1.13 bits per heavy atom. The molecule has 1 aliphatic heterocycles. The highest BCUT2D eigenvalue weighted by Gasteiger charge is 2.34. The minimum Gasteiger partial charge on any atom is -0.457 e. The third kappa shape index (κ3) is 8.15. The lowest BCUT2D eigenvalue weighted by Gasteiger charge is -2.32. The Labute approximate surface area is 371 Å². The van der Waals surface area contributed by atoms with Crippen LogP contribution in [0.5, 0.6) is 11.5 Å². The predicted octanol–water partition coefficient (Wildman–Crippen LogP) is 15.4. The molecule has 0 bridgehead atoms. The maximum absolute atomic E-state index is 7.22. The van der Waals surface area contributed by atoms with Crippen molar-refractivity contribution in [3.05, 3.63) is 167 Å². The number of ether oxygens (including phenoxy) is 1. The van der Waals surface area contributed by atoms with Crippen LogP contribution in [0.4, 0.5) is 11.4 Å². The van der Waals surface area contributed by atoms with Crippen molar-refractivity contribution in [1.29, 1.82) is 0 Å². The Morgan fingerprint density at radius 3 is 1.81 bits per heavy atom. The second kappa shape index (κ2) is 15.2. The van der Waals surface area contributed by atoms with Crippen LogP contribution in [0.25, 0.3) is 27.6 Å². The topological polar surface area (TPSA) is 33.5 Å². The van der Waals surface area contributed by atoms with Crippen LogP contribution in [0, 0.1) is 5.41 Å². The van der Waals surface area contributed by atoms with Gasteiger partial charge in [0.25, 0.3) is 0 Å². The fourth-order valence-corrected chi connectivity index (χ4v) is 8.90. The number of allylic oxidation sites excluding steroid dienone is 1. The molecule has 2 aromatic heterocycles. The number of aromatic nitrogens is 2. The van der Waals surface area contributed by atoms with Gasteiger partial charge in [0.2, 0.25) is 0 Å². The summed E-state index contributed by atoms with van der Waals surface area (Å²) < 4.78 is 9.55. The second-order valence-corrected chi connectivity index (χ2v) is 22.0. The van der Waals surface area contributed by atoms with Crippen LogP contribution in [0.3, 0.4) is 0 Å². The van der Waals surface area contributed by atoms with Gasteiger partial charge in [0, 0.05) is 63.2 Å². The van der Waals surface area contributed by atoms with Crippen LogP contribution >= 0.6 is 0 Å². The van der Waals surface area contributed by atoms with E-state index in [4.69, 9.17) is 9.72 Å². The molecule has 62 heavy (non-hydrogen) atoms. The number of anilines is 2. The van der Waals surface area contributed by atoms with E-state index in [2.05, 4.69) is 239 Å². The number of para-hydroxylation sites is 1. The summed E-state index contributed by atoms with van der Waals surface area (Å²) in [6.45, 7) is 32.8. The molecular formula is C57H66N4O. The van der Waals surface area contributed by atoms with Crippen molar-refractivity contribution >= 4 is 33.2 Å². The Balaban J connectivity index is 1.31. The highest BCUT2D eigenvalue weighted by Crippen LogP contribution is 2.45. The van der Waals surface area contributed by atoms with Crippen LogP contribution in [-0.2, 0) is 21.7 Å². The number of nitrogens with zero attached hydrogens (tertiary/aromatic N) is 4. The summed E-state index contributed by atoms with van der Waals surface area (Å²) in [4.78, 5) is 9.88. The van der Waals surface area contributed by atoms with Crippen molar-refractivity contribution in [2.24, 2.45) is 5.41 Å². The zero-order valence-electron chi connectivity index (χ0n) is 39.6. The van der Waals surface area contributed by atoms with Crippen molar-refractivity contribution in [1.82, 2.24) is 9.55 Å². The molecule has 3 heterocycles. The molecular weight excluding hydrogens is 757 g/mol. The molecule has 7 aromatic rings. The molecule has 5 heteroatoms. The molecule has 5 nitrogen and oxygen atoms in total. The summed E-state index contributed by atoms with van der Waals surface area (Å²) in [6, 6.07) is 44.3. The number of hydrogen-bond acceptors (Lipinski definition) is 4. The van der Waals surface area contributed by atoms with Crippen molar-refractivity contribution in [2.45, 2.75) is 119 Å². The number of fused-ring (bicyclic) bond motifs is 3. The molecule has 0 radical (unpaired) electrons. The third-order valence-corrected chi connectivity index (χ3v) is 12.7. The Morgan fingerprint density at radius 1 is 0.500 bits per heavy atom. The van der Waals surface area contributed by atoms with E-state index >= 15 is 0 Å². The summed E-state index contributed by atoms with van der Waals surface area (Å²) in [7, 11) is 0. The number of rotatable bonds is 7. The Bertz CT molecular complexity index is 2810. The maximum atomic E-state index is 7.22. The van der Waals surface area contributed by atoms with Crippen molar-refractivity contribution in [3.63, 3.8) is 0 Å². The quantitative estimate of drug-likeness (QED) is 0.160. The number of benzene rings is 5. The van der Waals surface area contributed by atoms with Gasteiger partial charge >= 0.3 is 0 Å². The van der Waals surface area contributed by atoms with Crippen molar-refractivity contribution in [3.8, 4) is 17.3 Å². The van der Waals surface area contributed by atoms with Gasteiger partial charge in [-0.2, -0.15) is 0 Å². The first-order chi connectivity index (χ1) is 29.0. The van der Waals surface area contributed by atoms with E-state index in [1.807, 2.05) is 6.20 Å². The average Bonchev–Trinajstić information content (AvgIpc) is 3.81. The monoisotopic (exact) mass is 823 g/mol. The molecule has 0 unspecified atom stereocenters. The van der Waals surface area contributed by atoms with Gasteiger partial charge in [0.05, 0.1) is 17.7 Å². The van der Waals surface area contributed by atoms with Gasteiger partial charge in [-0.25, -0.2) is 4.98 Å². The molecule has 0 fully saturated rings. The standard InChI is InChI=1S/C57H66N4O/c1-53(2,3)39-23-20-24-42(29-39)60-37-59(36-50(60)56(10,11)12)43-30-41(57(13,14)38-21-16-15-17-22-38)31-44(33-43)62-45-34-47(55(7,8)9)52-46-25-18-19-26-48(46)61(49(52)35-45)51-32-40(27-28-58-51)54(4,5)6/h15-36H,37H2,1-14H3. The SMILES string of the molecule is CC(C)(C)C1=CN(c2cc(Oc3cc(C(C)(C)C)c4c5ccccc5n(-c5cc(C(C)(C)C)ccn5)c4c3)cc(C(C)(C)c3ccccc3)c2)CN1c1cccc(C(C)(C)C)c1. The van der Waals surface area contributed by atoms with E-state index in [1.54, 1.807) is 0 Å². The van der Waals surface area contributed by atoms with Gasteiger partial charge in [-0.15, -0.1) is 0 Å². The van der Waals surface area contributed by atoms with Crippen LogP contribution in [0.2, 0.25) is 0 Å². The molecule has 0 saturated heterocycles. The lowest BCUT2D eigenvalue weighted by molar-refractivity contribution is 0.477. The summed E-state index contributed by atoms with van der Waals surface area (Å²) in [5.74, 6) is 2.50. The lowest BCUT2D eigenvalue weighted by Crippen LogP contribution is -2.31. The maximum Gasteiger partial charge on any atom is 0.137 e. The molecule has 8 rings (SSSR count). The molecule has 5 aromatic carbocycles. The highest BCUT2D eigenvalue weighted by atomic mass is 16.5. The first-order valence-electron chi connectivity index (χ1n) is 22.3. The van der Waals surface area contributed by atoms with E-state index in [0.717, 1.165) is 34.0 Å². The Hall–Kier alpha value is -5.81. The molecule has 0 aliphatic carbocycles. The van der Waals surface area contributed by atoms with Gasteiger partial charge in [0.1, 0.15) is 17.3 Å². The first kappa shape index (κ1) is 42.9. The summed E-state index contributed by atoms with van der Waals surface area (Å²) >= 11 is 0. The van der Waals surface area contributed by atoms with Gasteiger partial charge in [-0.1, -0.05) is 158 Å². The summed E-state index contributed by atoms with van der Waals surface area (Å²) in [5, 5.41) is 2.44. The van der Waals surface area contributed by atoms with Gasteiger partial charge in [-0.05, 0) is 92.6 Å². The van der Waals surface area contributed by atoms with Gasteiger partial charge in [-0.3, -0.25) is 4.57 Å². The van der Waals surface area contributed by atoms with E-state index in [-0.39, 0.29) is 27.1 Å². The van der Waals surface area contributed by atoms with Crippen LogP contribution in [-0.4, -0.2) is 16.2 Å². The third-order valence-electron chi connectivity index (χ3n) is 12.7. The molecule has 0 atom stereocenters. The van der Waals surface area contributed by atoms with Crippen molar-refractivity contribution in [2.75, 3.05) is 16.5 Å². The minimum atomic E-state index is -0.302. The predicted molar refractivity (Wildman–Crippen MR) is 264 cm³/mol. The number of pyridine rings is 1. The molecule has 0 N–H and O–H groups in total. The minimum absolute atomic E-state index is 0.0246. The van der Waals surface area contributed by atoms with E-state index in [1.165, 1.54) is 50.0 Å². The van der Waals surface area contributed by atoms with Gasteiger partial charge < -0.3 is 14.5 Å². The van der Waals surface area contributed by atoms with E-state index in [0.29, 0.717) is 6.67 Å². The zero-order valence-corrected chi connectivity index (χ0v) is 39.6. The van der Waals surface area contributed by atoms with Crippen LogP contribution in [0.1, 0.15) is 125 Å². The Kier molecular flexibility index (Phi) is 10.5. The second-order valence-electron chi connectivity index (χ2n) is 22.0. The smallest absolute Gasteiger partial charge is 0.137 e. The normalized spacial score (nSPS) is 14.3. The average molecular weight is 823 g/mol. The highest BCUT2D eigenvalue weighted by molar-refractivity contribution is 6.11. The van der Waals surface area contributed by atoms with Crippen LogP contribution in [0.15, 0.2) is 139 Å². The fourth-order valence-electron chi connectivity index (χ4n) is 8.90. The first-order valence-corrected chi connectivity index (χ1v) is 22.3. The molecule has 0 saturated carbocycles. The van der Waals surface area contributed by atoms with Crippen LogP contribution < -0.4 is 14.5 Å². The summed E-state index contributed by atoms with van der Waals surface area (Å²) in [5.41, 5.74) is 11.5. The largest absolute Gasteiger partial charge is 0.457 e. The van der Waals surface area contributed by atoms with E-state index in [9.17, 15) is 0 Å². The fraction of sp³-hybridized carbons (Fsp3) is 0.351. The molecule has 0 amide bonds. The lowest BCUT2D eigenvalue weighted by atomic mass is 9.78. The number of hydrogen-bond donors (Lipinski definition) is 0. The molecule has 1 aliphatic rings. The molecule has 320 valence electrons. The summed E-state index contributed by atoms with van der Waals surface area (Å²) in [6.07, 6.45) is 4.30. The van der Waals surface area contributed by atoms with E-state index < -0.39 is 0 Å². The van der Waals surface area contributed by atoms with Gasteiger partial charge in [0.15, 0.2) is 0 Å².